The summed E-state index contributed by atoms with van der Waals surface area (Å²) in [6, 6.07) is 7.55. The minimum absolute atomic E-state index is 0.00440. The number of nitrogens with zero attached hydrogens (tertiary/aromatic N) is 1. The molecule has 2 aromatic rings. The van der Waals surface area contributed by atoms with E-state index < -0.39 is 5.97 Å². The van der Waals surface area contributed by atoms with E-state index in [0.717, 1.165) is 28.8 Å². The van der Waals surface area contributed by atoms with Crippen LogP contribution in [0.2, 0.25) is 0 Å². The number of carboxylic acids is 1. The third-order valence-electron chi connectivity index (χ3n) is 2.29. The van der Waals surface area contributed by atoms with Crippen LogP contribution in [-0.2, 0) is 4.79 Å². The van der Waals surface area contributed by atoms with Gasteiger partial charge in [0, 0.05) is 0 Å². The Bertz CT molecular complexity index is 537. The molecule has 0 aliphatic heterocycles. The molecule has 0 fully saturated rings. The number of thioether (sulfide) groups is 1. The number of H-pyrrole nitrogens is 1. The molecule has 1 heterocycles. The number of hydrogen-bond donors (Lipinski definition) is 2. The van der Waals surface area contributed by atoms with Gasteiger partial charge in [-0.05, 0) is 29.8 Å². The SMILES string of the molecule is COc1ccc(-c2cnc(SCC(=O)O)[nH]2)cc1. The van der Waals surface area contributed by atoms with Gasteiger partial charge in [-0.1, -0.05) is 11.8 Å². The molecule has 1 aromatic heterocycles. The summed E-state index contributed by atoms with van der Waals surface area (Å²) in [7, 11) is 1.62. The second-order valence-electron chi connectivity index (χ2n) is 3.51. The average molecular weight is 264 g/mol. The minimum Gasteiger partial charge on any atom is -0.497 e. The highest BCUT2D eigenvalue weighted by atomic mass is 32.2. The molecule has 0 saturated heterocycles. The maximum absolute atomic E-state index is 10.4. The predicted molar refractivity (Wildman–Crippen MR) is 68.9 cm³/mol. The van der Waals surface area contributed by atoms with E-state index in [9.17, 15) is 4.79 Å². The summed E-state index contributed by atoms with van der Waals surface area (Å²) < 4.78 is 5.08. The van der Waals surface area contributed by atoms with E-state index in [2.05, 4.69) is 9.97 Å². The molecule has 94 valence electrons. The number of aromatic amines is 1. The van der Waals surface area contributed by atoms with Crippen molar-refractivity contribution in [2.45, 2.75) is 5.16 Å². The van der Waals surface area contributed by atoms with Gasteiger partial charge < -0.3 is 14.8 Å². The number of rotatable bonds is 5. The van der Waals surface area contributed by atoms with Gasteiger partial charge in [0.1, 0.15) is 5.75 Å². The van der Waals surface area contributed by atoms with Gasteiger partial charge in [-0.3, -0.25) is 4.79 Å². The smallest absolute Gasteiger partial charge is 0.313 e. The lowest BCUT2D eigenvalue weighted by molar-refractivity contribution is -0.133. The number of methoxy groups -OCH3 is 1. The van der Waals surface area contributed by atoms with Crippen molar-refractivity contribution in [3.8, 4) is 17.0 Å². The van der Waals surface area contributed by atoms with E-state index in [0.29, 0.717) is 5.16 Å². The molecule has 0 atom stereocenters. The average Bonchev–Trinajstić information content (AvgIpc) is 2.85. The lowest BCUT2D eigenvalue weighted by Crippen LogP contribution is -1.97. The van der Waals surface area contributed by atoms with Crippen LogP contribution in [0.15, 0.2) is 35.6 Å². The van der Waals surface area contributed by atoms with Crippen molar-refractivity contribution in [2.75, 3.05) is 12.9 Å². The Balaban J connectivity index is 2.10. The Labute approximate surface area is 108 Å². The molecule has 6 heteroatoms. The van der Waals surface area contributed by atoms with E-state index in [1.54, 1.807) is 13.3 Å². The maximum Gasteiger partial charge on any atom is 0.313 e. The molecular weight excluding hydrogens is 252 g/mol. The van der Waals surface area contributed by atoms with E-state index in [-0.39, 0.29) is 5.75 Å². The summed E-state index contributed by atoms with van der Waals surface area (Å²) in [5.74, 6) is -0.0728. The topological polar surface area (TPSA) is 75.2 Å². The highest BCUT2D eigenvalue weighted by Crippen LogP contribution is 2.23. The second kappa shape index (κ2) is 5.59. The fourth-order valence-electron chi connectivity index (χ4n) is 1.42. The molecule has 1 aromatic carbocycles. The zero-order valence-corrected chi connectivity index (χ0v) is 10.5. The van der Waals surface area contributed by atoms with E-state index >= 15 is 0 Å². The van der Waals surface area contributed by atoms with Crippen LogP contribution in [0.5, 0.6) is 5.75 Å². The lowest BCUT2D eigenvalue weighted by atomic mass is 10.2. The van der Waals surface area contributed by atoms with Gasteiger partial charge >= 0.3 is 5.97 Å². The summed E-state index contributed by atoms with van der Waals surface area (Å²) >= 11 is 1.16. The van der Waals surface area contributed by atoms with E-state index in [4.69, 9.17) is 9.84 Å². The van der Waals surface area contributed by atoms with E-state index in [1.165, 1.54) is 0 Å². The quantitative estimate of drug-likeness (QED) is 0.810. The number of aromatic nitrogens is 2. The molecule has 18 heavy (non-hydrogen) atoms. The van der Waals surface area contributed by atoms with E-state index in [1.807, 2.05) is 24.3 Å². The summed E-state index contributed by atoms with van der Waals surface area (Å²) in [5.41, 5.74) is 1.83. The fraction of sp³-hybridized carbons (Fsp3) is 0.167. The second-order valence-corrected chi connectivity index (χ2v) is 4.48. The molecule has 0 spiro atoms. The minimum atomic E-state index is -0.859. The summed E-state index contributed by atoms with van der Waals surface area (Å²) in [6.45, 7) is 0. The Morgan fingerprint density at radius 2 is 2.17 bits per heavy atom. The normalized spacial score (nSPS) is 10.3. The number of aliphatic carboxylic acids is 1. The number of hydrogen-bond acceptors (Lipinski definition) is 4. The Kier molecular flexibility index (Phi) is 3.88. The molecule has 5 nitrogen and oxygen atoms in total. The van der Waals surface area contributed by atoms with Crippen molar-refractivity contribution in [2.24, 2.45) is 0 Å². The first kappa shape index (κ1) is 12.5. The maximum atomic E-state index is 10.4. The summed E-state index contributed by atoms with van der Waals surface area (Å²) in [4.78, 5) is 17.6. The predicted octanol–water partition coefficient (Wildman–Crippen LogP) is 2.26. The number of imidazole rings is 1. The highest BCUT2D eigenvalue weighted by Gasteiger charge is 2.06. The molecule has 0 saturated carbocycles. The van der Waals surface area contributed by atoms with Crippen molar-refractivity contribution in [1.29, 1.82) is 0 Å². The van der Waals surface area contributed by atoms with Crippen LogP contribution in [0.4, 0.5) is 0 Å². The van der Waals surface area contributed by atoms with Crippen LogP contribution in [0.25, 0.3) is 11.3 Å². The van der Waals surface area contributed by atoms with Crippen molar-refractivity contribution >= 4 is 17.7 Å². The van der Waals surface area contributed by atoms with Gasteiger partial charge in [-0.15, -0.1) is 0 Å². The van der Waals surface area contributed by atoms with Crippen LogP contribution in [0.3, 0.4) is 0 Å². The molecule has 2 N–H and O–H groups in total. The summed E-state index contributed by atoms with van der Waals surface area (Å²) in [5, 5.41) is 9.18. The highest BCUT2D eigenvalue weighted by molar-refractivity contribution is 7.99. The van der Waals surface area contributed by atoms with Gasteiger partial charge in [0.25, 0.3) is 0 Å². The Hall–Kier alpha value is -1.95. The molecule has 0 amide bonds. The molecular formula is C12H12N2O3S. The first-order valence-corrected chi connectivity index (χ1v) is 6.21. The van der Waals surface area contributed by atoms with Crippen LogP contribution in [-0.4, -0.2) is 33.9 Å². The van der Waals surface area contributed by atoms with Gasteiger partial charge in [0.15, 0.2) is 5.16 Å². The van der Waals surface area contributed by atoms with Crippen LogP contribution >= 0.6 is 11.8 Å². The molecule has 2 rings (SSSR count). The van der Waals surface area contributed by atoms with Crippen LogP contribution in [0, 0.1) is 0 Å². The number of ether oxygens (including phenoxy) is 1. The molecule has 0 aliphatic carbocycles. The number of nitrogens with one attached hydrogen (secondary N) is 1. The molecule has 0 bridgehead atoms. The number of carbonyl (C=O) groups is 1. The third-order valence-corrected chi connectivity index (χ3v) is 3.16. The van der Waals surface area contributed by atoms with Gasteiger partial charge in [0.2, 0.25) is 0 Å². The molecule has 0 radical (unpaired) electrons. The largest absolute Gasteiger partial charge is 0.497 e. The zero-order valence-electron chi connectivity index (χ0n) is 9.71. The van der Waals surface area contributed by atoms with Crippen molar-refractivity contribution in [3.05, 3.63) is 30.5 Å². The fourth-order valence-corrected chi connectivity index (χ4v) is 1.99. The summed E-state index contributed by atoms with van der Waals surface area (Å²) in [6.07, 6.45) is 1.69. The number of benzene rings is 1. The van der Waals surface area contributed by atoms with Crippen molar-refractivity contribution in [3.63, 3.8) is 0 Å². The standard InChI is InChI=1S/C12H12N2O3S/c1-17-9-4-2-8(3-5-9)10-6-13-12(14-10)18-7-11(15)16/h2-6H,7H2,1H3,(H,13,14)(H,15,16). The monoisotopic (exact) mass is 264 g/mol. The van der Waals surface area contributed by atoms with Crippen LogP contribution < -0.4 is 4.74 Å². The number of carboxylic acid groups (broad SMARTS) is 1. The van der Waals surface area contributed by atoms with Gasteiger partial charge in [-0.25, -0.2) is 4.98 Å². The third kappa shape index (κ3) is 3.04. The molecule has 0 aliphatic rings. The zero-order chi connectivity index (χ0) is 13.0. The first-order chi connectivity index (χ1) is 8.69. The van der Waals surface area contributed by atoms with Gasteiger partial charge in [-0.2, -0.15) is 0 Å². The van der Waals surface area contributed by atoms with Crippen molar-refractivity contribution in [1.82, 2.24) is 9.97 Å². The molecule has 0 unspecified atom stereocenters. The Morgan fingerprint density at radius 1 is 1.44 bits per heavy atom. The lowest BCUT2D eigenvalue weighted by Gasteiger charge is -2.00. The van der Waals surface area contributed by atoms with Crippen molar-refractivity contribution < 1.29 is 14.6 Å². The Morgan fingerprint density at radius 3 is 2.78 bits per heavy atom. The van der Waals surface area contributed by atoms with Gasteiger partial charge in [0.05, 0.1) is 24.8 Å². The van der Waals surface area contributed by atoms with Crippen LogP contribution in [0.1, 0.15) is 0 Å². The first-order valence-electron chi connectivity index (χ1n) is 5.23.